The molecule has 1 aliphatic heterocycles. The number of nitrogens with one attached hydrogen (secondary N) is 3. The van der Waals surface area contributed by atoms with Crippen molar-refractivity contribution in [3.63, 3.8) is 0 Å². The van der Waals surface area contributed by atoms with Crippen molar-refractivity contribution in [2.45, 2.75) is 56.3 Å². The van der Waals surface area contributed by atoms with Gasteiger partial charge in [0.2, 0.25) is 5.88 Å². The van der Waals surface area contributed by atoms with Crippen LogP contribution < -0.4 is 16.0 Å². The second kappa shape index (κ2) is 13.8. The van der Waals surface area contributed by atoms with Crippen LogP contribution in [0.15, 0.2) is 56.9 Å². The minimum Gasteiger partial charge on any atom is -0.598 e. The molecule has 1 fully saturated rings. The van der Waals surface area contributed by atoms with E-state index in [4.69, 9.17) is 33.6 Å². The lowest BCUT2D eigenvalue weighted by atomic mass is 9.76. The third-order valence-corrected chi connectivity index (χ3v) is 8.89. The van der Waals surface area contributed by atoms with Gasteiger partial charge in [-0.15, -0.1) is 4.72 Å². The van der Waals surface area contributed by atoms with Crippen LogP contribution in [-0.4, -0.2) is 49.4 Å². The van der Waals surface area contributed by atoms with Gasteiger partial charge in [0.25, 0.3) is 11.8 Å². The first-order chi connectivity index (χ1) is 20.8. The Kier molecular flexibility index (Phi) is 9.93. The molecule has 0 radical (unpaired) electrons. The number of carbonyl (C=O) groups is 2. The average molecular weight is 650 g/mol. The molecule has 5 atom stereocenters. The monoisotopic (exact) mass is 648 g/mol. The molecule has 17 heteroatoms. The fraction of sp³-hybridized carbons (Fsp3) is 0.385. The molecule has 226 valence electrons. The zero-order valence-corrected chi connectivity index (χ0v) is 24.8. The number of halogens is 2. The summed E-state index contributed by atoms with van der Waals surface area (Å²) in [6, 6.07) is 9.78. The highest BCUT2D eigenvalue weighted by molar-refractivity contribution is 7.89. The molecule has 1 aromatic heterocycles. The van der Waals surface area contributed by atoms with E-state index in [-0.39, 0.29) is 29.2 Å². The Bertz CT molecular complexity index is 1600. The predicted octanol–water partition coefficient (Wildman–Crippen LogP) is 4.03. The molecule has 43 heavy (non-hydrogen) atoms. The van der Waals surface area contributed by atoms with Crippen LogP contribution in [-0.2, 0) is 27.6 Å². The Morgan fingerprint density at radius 2 is 2.02 bits per heavy atom. The van der Waals surface area contributed by atoms with Crippen LogP contribution in [0.25, 0.3) is 10.4 Å². The van der Waals surface area contributed by atoms with Gasteiger partial charge in [0.15, 0.2) is 5.82 Å². The van der Waals surface area contributed by atoms with Gasteiger partial charge in [-0.1, -0.05) is 65.5 Å². The number of hydrogen-bond acceptors (Lipinski definition) is 9. The van der Waals surface area contributed by atoms with Gasteiger partial charge in [-0.05, 0) is 52.8 Å². The first-order valence-electron chi connectivity index (χ1n) is 13.3. The first kappa shape index (κ1) is 30.9. The molecule has 3 aromatic rings. The Morgan fingerprint density at radius 3 is 2.77 bits per heavy atom. The number of amides is 2. The Labute approximate surface area is 257 Å². The molecule has 14 nitrogen and oxygen atoms in total. The van der Waals surface area contributed by atoms with E-state index >= 15 is 0 Å². The molecule has 2 aliphatic rings. The van der Waals surface area contributed by atoms with Crippen LogP contribution in [0.5, 0.6) is 0 Å². The normalized spacial score (nSPS) is 22.4. The van der Waals surface area contributed by atoms with Gasteiger partial charge in [0, 0.05) is 31.9 Å². The van der Waals surface area contributed by atoms with Crippen LogP contribution in [0, 0.1) is 0 Å². The fourth-order valence-corrected chi connectivity index (χ4v) is 7.06. The quantitative estimate of drug-likeness (QED) is 0.0960. The summed E-state index contributed by atoms with van der Waals surface area (Å²) in [5, 5.41) is 7.54. The number of H-pyrrole nitrogens is 1. The van der Waals surface area contributed by atoms with Gasteiger partial charge in [-0.3, -0.25) is 23.9 Å². The molecule has 3 N–H and O–H groups in total. The van der Waals surface area contributed by atoms with E-state index in [1.54, 1.807) is 47.4 Å². The van der Waals surface area contributed by atoms with Crippen LogP contribution >= 0.6 is 23.2 Å². The molecule has 1 aliphatic carbocycles. The molecule has 0 spiro atoms. The number of hydrogen-bond donors (Lipinski definition) is 3. The molecular weight excluding hydrogens is 623 g/mol. The van der Waals surface area contributed by atoms with E-state index in [1.165, 1.54) is 0 Å². The Hall–Kier alpha value is -3.56. The number of rotatable bonds is 10. The van der Waals surface area contributed by atoms with Crippen molar-refractivity contribution in [1.29, 1.82) is 0 Å². The number of aromatic nitrogens is 2. The van der Waals surface area contributed by atoms with Crippen LogP contribution in [0.2, 0.25) is 10.0 Å². The summed E-state index contributed by atoms with van der Waals surface area (Å²) in [5.41, 5.74) is 12.4. The van der Waals surface area contributed by atoms with Gasteiger partial charge >= 0.3 is 5.76 Å². The average Bonchev–Trinajstić information content (AvgIpc) is 3.41. The third kappa shape index (κ3) is 6.83. The number of aromatic amines is 1. The zero-order chi connectivity index (χ0) is 30.5. The number of azide groups is 1. The lowest BCUT2D eigenvalue weighted by Gasteiger charge is -2.49. The molecule has 0 saturated heterocycles. The second-order valence-electron chi connectivity index (χ2n) is 9.97. The van der Waals surface area contributed by atoms with Crippen molar-refractivity contribution in [1.82, 2.24) is 25.2 Å². The molecule has 1 saturated carbocycles. The third-order valence-electron chi connectivity index (χ3n) is 7.41. The SMILES string of the molecule is [N-]=[N+]=NC[S+]([O-])N[C@H]1CCCC[C@@H]1N1C(=O)c2ccccc2[C@@H](C(=O)NOCc2noc(=O)[nH]2)[C@@H]1c1ccc(Cl)cc1Cl. The zero-order valence-electron chi connectivity index (χ0n) is 22.4. The summed E-state index contributed by atoms with van der Waals surface area (Å²) in [6.45, 7) is -0.285. The fourth-order valence-electron chi connectivity index (χ4n) is 5.70. The number of hydroxylamine groups is 1. The first-order valence-corrected chi connectivity index (χ1v) is 15.3. The highest BCUT2D eigenvalue weighted by Gasteiger charge is 2.49. The lowest BCUT2D eigenvalue weighted by Crippen LogP contribution is -2.59. The topological polar surface area (TPSA) is 201 Å². The molecule has 0 bridgehead atoms. The second-order valence-corrected chi connectivity index (χ2v) is 12.0. The van der Waals surface area contributed by atoms with Gasteiger partial charge in [0.05, 0.1) is 24.0 Å². The molecule has 2 amide bonds. The van der Waals surface area contributed by atoms with Crippen molar-refractivity contribution >= 4 is 46.4 Å². The van der Waals surface area contributed by atoms with Crippen LogP contribution in [0.3, 0.4) is 0 Å². The van der Waals surface area contributed by atoms with Gasteiger partial charge in [0.1, 0.15) is 6.61 Å². The maximum absolute atomic E-state index is 14.3. The van der Waals surface area contributed by atoms with E-state index in [0.29, 0.717) is 34.6 Å². The van der Waals surface area contributed by atoms with Crippen molar-refractivity contribution in [3.8, 4) is 0 Å². The Morgan fingerprint density at radius 1 is 1.23 bits per heavy atom. The maximum Gasteiger partial charge on any atom is 0.438 e. The molecule has 5 rings (SSSR count). The Balaban J connectivity index is 1.57. The molecule has 2 heterocycles. The lowest BCUT2D eigenvalue weighted by molar-refractivity contribution is -0.138. The van der Waals surface area contributed by atoms with Crippen molar-refractivity contribution in [2.75, 3.05) is 5.88 Å². The van der Waals surface area contributed by atoms with Crippen molar-refractivity contribution in [3.05, 3.63) is 96.0 Å². The smallest absolute Gasteiger partial charge is 0.438 e. The van der Waals surface area contributed by atoms with Crippen LogP contribution in [0.4, 0.5) is 0 Å². The maximum atomic E-state index is 14.3. The summed E-state index contributed by atoms with van der Waals surface area (Å²) in [6.07, 6.45) is 2.75. The largest absolute Gasteiger partial charge is 0.598 e. The number of carbonyl (C=O) groups excluding carboxylic acids is 2. The number of benzene rings is 2. The predicted molar refractivity (Wildman–Crippen MR) is 156 cm³/mol. The van der Waals surface area contributed by atoms with E-state index in [0.717, 1.165) is 12.8 Å². The van der Waals surface area contributed by atoms with Crippen LogP contribution in [0.1, 0.15) is 65.0 Å². The number of fused-ring (bicyclic) bond motifs is 1. The highest BCUT2D eigenvalue weighted by Crippen LogP contribution is 2.47. The molecule has 2 aromatic carbocycles. The summed E-state index contributed by atoms with van der Waals surface area (Å²) in [7, 11) is 0. The summed E-state index contributed by atoms with van der Waals surface area (Å²) in [4.78, 5) is 51.6. The minimum atomic E-state index is -1.69. The summed E-state index contributed by atoms with van der Waals surface area (Å²) < 4.78 is 20.2. The van der Waals surface area contributed by atoms with E-state index in [2.05, 4.69) is 34.9 Å². The standard InChI is InChI=1S/C26H26Cl2N8O6S/c27-14-9-10-17(18(28)11-14)23-22(24(37)33-41-12-21-31-26(39)42-32-21)15-5-1-2-6-16(15)25(38)36(23)20-8-4-3-7-19(20)34-43(40)13-30-35-29/h1-2,5-6,9-11,19-20,22-23,34H,3-4,7-8,12-13H2,(H,33,37)(H,31,32,39)/t19-,20-,22+,23-,43?/m0/s1. The van der Waals surface area contributed by atoms with E-state index in [1.807, 2.05) is 0 Å². The van der Waals surface area contributed by atoms with Gasteiger partial charge < -0.3 is 9.45 Å². The van der Waals surface area contributed by atoms with Crippen molar-refractivity contribution in [2.24, 2.45) is 5.11 Å². The van der Waals surface area contributed by atoms with Crippen molar-refractivity contribution < 1.29 is 23.5 Å². The minimum absolute atomic E-state index is 0.0632. The summed E-state index contributed by atoms with van der Waals surface area (Å²) in [5.74, 6) is -2.89. The van der Waals surface area contributed by atoms with E-state index < -0.39 is 47.1 Å². The molecular formula is C26H26Cl2N8O6S. The molecule has 1 unspecified atom stereocenters. The summed E-state index contributed by atoms with van der Waals surface area (Å²) >= 11 is 11.3. The highest BCUT2D eigenvalue weighted by atomic mass is 35.5. The van der Waals surface area contributed by atoms with Gasteiger partial charge in [-0.2, -0.15) is 0 Å². The van der Waals surface area contributed by atoms with E-state index in [9.17, 15) is 18.9 Å². The van der Waals surface area contributed by atoms with Gasteiger partial charge in [-0.25, -0.2) is 10.3 Å². The number of nitrogens with zero attached hydrogens (tertiary/aromatic N) is 5.